The van der Waals surface area contributed by atoms with E-state index in [0.717, 1.165) is 25.0 Å². The van der Waals surface area contributed by atoms with Crippen LogP contribution in [0.4, 0.5) is 5.69 Å². The molecule has 0 saturated carbocycles. The summed E-state index contributed by atoms with van der Waals surface area (Å²) in [6.45, 7) is 0. The molecule has 6 heteroatoms. The van der Waals surface area contributed by atoms with Crippen molar-refractivity contribution in [1.29, 1.82) is 0 Å². The van der Waals surface area contributed by atoms with E-state index in [0.29, 0.717) is 5.69 Å². The molecule has 0 unspecified atom stereocenters. The van der Waals surface area contributed by atoms with Crippen molar-refractivity contribution in [3.05, 3.63) is 23.5 Å². The lowest BCUT2D eigenvalue weighted by Crippen LogP contribution is -2.27. The first-order valence-electron chi connectivity index (χ1n) is 5.33. The highest BCUT2D eigenvalue weighted by atomic mass is 35.6. The second kappa shape index (κ2) is 5.01. The third kappa shape index (κ3) is 3.24. The Balaban J connectivity index is 2.15. The summed E-state index contributed by atoms with van der Waals surface area (Å²) < 4.78 is -1.95. The lowest BCUT2D eigenvalue weighted by molar-refractivity contribution is -0.115. The lowest BCUT2D eigenvalue weighted by Gasteiger charge is -2.16. The second-order valence-corrected chi connectivity index (χ2v) is 6.27. The lowest BCUT2D eigenvalue weighted by atomic mass is 9.96. The number of hydrogen-bond donors (Lipinski definition) is 1. The molecule has 0 radical (unpaired) electrons. The number of carbonyl (C=O) groups excluding carboxylic acids is 1. The molecule has 1 aromatic heterocycles. The van der Waals surface area contributed by atoms with Gasteiger partial charge in [-0.3, -0.25) is 9.78 Å². The van der Waals surface area contributed by atoms with Crippen LogP contribution in [-0.2, 0) is 17.6 Å². The molecule has 1 N–H and O–H groups in total. The van der Waals surface area contributed by atoms with E-state index in [2.05, 4.69) is 10.3 Å². The van der Waals surface area contributed by atoms with E-state index in [1.165, 1.54) is 12.0 Å². The fraction of sp³-hybridized carbons (Fsp3) is 0.455. The molecule has 1 aromatic rings. The SMILES string of the molecule is O=C(Nc1cnc2c(c1)CCCC2)C(Cl)(Cl)Cl. The molecule has 92 valence electrons. The van der Waals surface area contributed by atoms with Gasteiger partial charge in [0, 0.05) is 5.69 Å². The van der Waals surface area contributed by atoms with Crippen LogP contribution in [0.3, 0.4) is 0 Å². The summed E-state index contributed by atoms with van der Waals surface area (Å²) >= 11 is 16.4. The Morgan fingerprint density at radius 2 is 2.00 bits per heavy atom. The fourth-order valence-electron chi connectivity index (χ4n) is 1.86. The molecule has 0 aromatic carbocycles. The van der Waals surface area contributed by atoms with Gasteiger partial charge < -0.3 is 5.32 Å². The summed E-state index contributed by atoms with van der Waals surface area (Å²) in [4.78, 5) is 15.8. The summed E-state index contributed by atoms with van der Waals surface area (Å²) in [5.41, 5.74) is 2.84. The van der Waals surface area contributed by atoms with Gasteiger partial charge in [-0.1, -0.05) is 34.8 Å². The molecule has 0 bridgehead atoms. The molecule has 17 heavy (non-hydrogen) atoms. The van der Waals surface area contributed by atoms with Gasteiger partial charge in [-0.2, -0.15) is 0 Å². The van der Waals surface area contributed by atoms with Crippen LogP contribution in [0.5, 0.6) is 0 Å². The maximum atomic E-state index is 11.5. The third-order valence-corrected chi connectivity index (χ3v) is 3.20. The maximum Gasteiger partial charge on any atom is 0.276 e. The number of anilines is 1. The number of aryl methyl sites for hydroxylation is 2. The predicted octanol–water partition coefficient (Wildman–Crippen LogP) is 3.27. The van der Waals surface area contributed by atoms with Gasteiger partial charge in [-0.15, -0.1) is 0 Å². The Labute approximate surface area is 114 Å². The molecule has 0 atom stereocenters. The Morgan fingerprint density at radius 1 is 1.29 bits per heavy atom. The number of nitrogens with one attached hydrogen (secondary N) is 1. The van der Waals surface area contributed by atoms with E-state index in [1.54, 1.807) is 6.20 Å². The second-order valence-electron chi connectivity index (χ2n) is 3.99. The summed E-state index contributed by atoms with van der Waals surface area (Å²) in [5.74, 6) is -0.667. The van der Waals surface area contributed by atoms with Gasteiger partial charge in [-0.25, -0.2) is 0 Å². The van der Waals surface area contributed by atoms with Crippen molar-refractivity contribution in [2.75, 3.05) is 5.32 Å². The molecule has 1 aliphatic carbocycles. The van der Waals surface area contributed by atoms with Crippen LogP contribution in [0.15, 0.2) is 12.3 Å². The standard InChI is InChI=1S/C11H11Cl3N2O/c12-11(13,14)10(17)16-8-5-7-3-1-2-4-9(7)15-6-8/h5-6H,1-4H2,(H,16,17). The number of amides is 1. The zero-order valence-electron chi connectivity index (χ0n) is 8.97. The molecule has 1 amide bonds. The van der Waals surface area contributed by atoms with Crippen molar-refractivity contribution < 1.29 is 4.79 Å². The summed E-state index contributed by atoms with van der Waals surface area (Å²) in [7, 11) is 0. The Morgan fingerprint density at radius 3 is 2.71 bits per heavy atom. The van der Waals surface area contributed by atoms with Gasteiger partial charge in [-0.05, 0) is 37.3 Å². The van der Waals surface area contributed by atoms with Crippen LogP contribution in [-0.4, -0.2) is 14.7 Å². The number of carbonyl (C=O) groups is 1. The van der Waals surface area contributed by atoms with Gasteiger partial charge in [0.15, 0.2) is 0 Å². The van der Waals surface area contributed by atoms with Gasteiger partial charge in [0.25, 0.3) is 9.70 Å². The quantitative estimate of drug-likeness (QED) is 0.808. The molecule has 0 spiro atoms. The Hall–Kier alpha value is -0.510. The zero-order valence-corrected chi connectivity index (χ0v) is 11.2. The molecule has 1 aliphatic rings. The van der Waals surface area contributed by atoms with E-state index in [1.807, 2.05) is 6.07 Å². The van der Waals surface area contributed by atoms with E-state index in [9.17, 15) is 4.79 Å². The monoisotopic (exact) mass is 292 g/mol. The number of rotatable bonds is 1. The van der Waals surface area contributed by atoms with Crippen LogP contribution < -0.4 is 5.32 Å². The molecule has 3 nitrogen and oxygen atoms in total. The average molecular weight is 294 g/mol. The van der Waals surface area contributed by atoms with E-state index >= 15 is 0 Å². The number of nitrogens with zero attached hydrogens (tertiary/aromatic N) is 1. The average Bonchev–Trinajstić information content (AvgIpc) is 2.27. The third-order valence-electron chi connectivity index (χ3n) is 2.68. The fourth-order valence-corrected chi connectivity index (χ4v) is 2.00. The van der Waals surface area contributed by atoms with Gasteiger partial charge in [0.05, 0.1) is 11.9 Å². The largest absolute Gasteiger partial charge is 0.321 e. The summed E-state index contributed by atoms with van der Waals surface area (Å²) in [6, 6.07) is 1.90. The van der Waals surface area contributed by atoms with Gasteiger partial charge in [0.2, 0.25) is 0 Å². The molecular formula is C11H11Cl3N2O. The first-order valence-corrected chi connectivity index (χ1v) is 6.46. The highest BCUT2D eigenvalue weighted by molar-refractivity contribution is 6.76. The van der Waals surface area contributed by atoms with Crippen LogP contribution in [0.2, 0.25) is 0 Å². The minimum Gasteiger partial charge on any atom is -0.321 e. The molecule has 0 fully saturated rings. The molecule has 0 aliphatic heterocycles. The normalized spacial score (nSPS) is 15.2. The number of halogens is 3. The zero-order chi connectivity index (χ0) is 12.5. The first kappa shape index (κ1) is 12.9. The minimum absolute atomic E-state index is 0.571. The smallest absolute Gasteiger partial charge is 0.276 e. The van der Waals surface area contributed by atoms with Crippen LogP contribution in [0.1, 0.15) is 24.1 Å². The van der Waals surface area contributed by atoms with Crippen LogP contribution in [0, 0.1) is 0 Å². The number of alkyl halides is 3. The van der Waals surface area contributed by atoms with Crippen molar-refractivity contribution in [2.24, 2.45) is 0 Å². The van der Waals surface area contributed by atoms with Crippen molar-refractivity contribution >= 4 is 46.4 Å². The van der Waals surface area contributed by atoms with Crippen molar-refractivity contribution in [3.63, 3.8) is 0 Å². The summed E-state index contributed by atoms with van der Waals surface area (Å²) in [5, 5.41) is 2.53. The summed E-state index contributed by atoms with van der Waals surface area (Å²) in [6.07, 6.45) is 5.89. The van der Waals surface area contributed by atoms with Crippen molar-refractivity contribution in [2.45, 2.75) is 29.5 Å². The predicted molar refractivity (Wildman–Crippen MR) is 69.8 cm³/mol. The highest BCUT2D eigenvalue weighted by Gasteiger charge is 2.30. The van der Waals surface area contributed by atoms with Crippen molar-refractivity contribution in [3.8, 4) is 0 Å². The van der Waals surface area contributed by atoms with E-state index < -0.39 is 9.70 Å². The van der Waals surface area contributed by atoms with Gasteiger partial charge in [0.1, 0.15) is 0 Å². The topological polar surface area (TPSA) is 42.0 Å². The Bertz CT molecular complexity index is 443. The number of hydrogen-bond acceptors (Lipinski definition) is 2. The van der Waals surface area contributed by atoms with E-state index in [4.69, 9.17) is 34.8 Å². The first-order chi connectivity index (χ1) is 7.97. The van der Waals surface area contributed by atoms with Crippen molar-refractivity contribution in [1.82, 2.24) is 4.98 Å². The Kier molecular flexibility index (Phi) is 3.81. The molecular weight excluding hydrogens is 282 g/mol. The number of pyridine rings is 1. The van der Waals surface area contributed by atoms with Crippen LogP contribution >= 0.6 is 34.8 Å². The number of aromatic nitrogens is 1. The van der Waals surface area contributed by atoms with Crippen LogP contribution in [0.25, 0.3) is 0 Å². The number of fused-ring (bicyclic) bond motifs is 1. The molecule has 0 saturated heterocycles. The maximum absolute atomic E-state index is 11.5. The minimum atomic E-state index is -1.95. The van der Waals surface area contributed by atoms with Gasteiger partial charge >= 0.3 is 0 Å². The molecule has 2 rings (SSSR count). The highest BCUT2D eigenvalue weighted by Crippen LogP contribution is 2.28. The van der Waals surface area contributed by atoms with E-state index in [-0.39, 0.29) is 0 Å². The molecule has 1 heterocycles.